The molecule has 5 nitrogen and oxygen atoms in total. The van der Waals surface area contributed by atoms with Gasteiger partial charge in [0.05, 0.1) is 5.56 Å². The molecule has 0 aliphatic carbocycles. The predicted octanol–water partition coefficient (Wildman–Crippen LogP) is 4.54. The van der Waals surface area contributed by atoms with E-state index in [0.29, 0.717) is 19.4 Å². The minimum atomic E-state index is -0.447. The molecule has 0 spiro atoms. The average molecular weight is 365 g/mol. The van der Waals surface area contributed by atoms with E-state index in [9.17, 15) is 14.4 Å². The van der Waals surface area contributed by atoms with Crippen LogP contribution >= 0.6 is 0 Å². The lowest BCUT2D eigenvalue weighted by atomic mass is 10.1. The van der Waals surface area contributed by atoms with Gasteiger partial charge in [-0.15, -0.1) is 0 Å². The highest BCUT2D eigenvalue weighted by Gasteiger charge is 2.10. The lowest BCUT2D eigenvalue weighted by molar-refractivity contribution is 0.112. The summed E-state index contributed by atoms with van der Waals surface area (Å²) < 4.78 is 2.79. The van der Waals surface area contributed by atoms with Crippen LogP contribution in [-0.4, -0.2) is 15.4 Å². The number of aromatic nitrogens is 2. The van der Waals surface area contributed by atoms with E-state index in [-0.39, 0.29) is 11.3 Å². The van der Waals surface area contributed by atoms with Crippen LogP contribution in [0.5, 0.6) is 0 Å². The second-order valence-electron chi connectivity index (χ2n) is 7.17. The Morgan fingerprint density at radius 2 is 1.27 bits per heavy atom. The summed E-state index contributed by atoms with van der Waals surface area (Å²) in [6.07, 6.45) is 15.4. The van der Waals surface area contributed by atoms with Crippen LogP contribution in [0.1, 0.15) is 101 Å². The van der Waals surface area contributed by atoms with E-state index >= 15 is 0 Å². The number of aryl methyl sites for hydroxylation is 1. The first-order valence-electron chi connectivity index (χ1n) is 10.4. The van der Waals surface area contributed by atoms with Crippen LogP contribution in [0, 0.1) is 0 Å². The van der Waals surface area contributed by atoms with Gasteiger partial charge >= 0.3 is 5.69 Å². The van der Waals surface area contributed by atoms with Crippen molar-refractivity contribution < 1.29 is 4.79 Å². The van der Waals surface area contributed by atoms with Crippen molar-refractivity contribution in [1.29, 1.82) is 0 Å². The lowest BCUT2D eigenvalue weighted by Gasteiger charge is -2.11. The van der Waals surface area contributed by atoms with E-state index in [1.54, 1.807) is 4.57 Å². The van der Waals surface area contributed by atoms with Crippen molar-refractivity contribution in [2.75, 3.05) is 0 Å². The van der Waals surface area contributed by atoms with Gasteiger partial charge in [0.25, 0.3) is 5.56 Å². The van der Waals surface area contributed by atoms with Crippen molar-refractivity contribution in [3.05, 3.63) is 32.6 Å². The Morgan fingerprint density at radius 1 is 0.769 bits per heavy atom. The highest BCUT2D eigenvalue weighted by molar-refractivity contribution is 5.73. The maximum Gasteiger partial charge on any atom is 0.330 e. The smallest absolute Gasteiger partial charge is 0.300 e. The molecular formula is C21H36N2O3. The van der Waals surface area contributed by atoms with Crippen LogP contribution < -0.4 is 11.2 Å². The molecule has 1 aromatic rings. The van der Waals surface area contributed by atoms with E-state index in [0.717, 1.165) is 32.1 Å². The fourth-order valence-electron chi connectivity index (χ4n) is 3.23. The molecule has 1 heterocycles. The Labute approximate surface area is 157 Å². The Kier molecular flexibility index (Phi) is 11.7. The van der Waals surface area contributed by atoms with Gasteiger partial charge < -0.3 is 0 Å². The van der Waals surface area contributed by atoms with Crippen molar-refractivity contribution in [2.24, 2.45) is 0 Å². The summed E-state index contributed by atoms with van der Waals surface area (Å²) in [5, 5.41) is 0. The fourth-order valence-corrected chi connectivity index (χ4v) is 3.23. The van der Waals surface area contributed by atoms with Gasteiger partial charge in [-0.05, 0) is 12.8 Å². The van der Waals surface area contributed by atoms with Gasteiger partial charge in [-0.3, -0.25) is 18.7 Å². The van der Waals surface area contributed by atoms with Gasteiger partial charge in [0.15, 0.2) is 6.29 Å². The molecule has 0 unspecified atom stereocenters. The molecule has 148 valence electrons. The summed E-state index contributed by atoms with van der Waals surface area (Å²) in [5.74, 6) is 0. The maximum absolute atomic E-state index is 12.6. The molecule has 0 N–H and O–H groups in total. The van der Waals surface area contributed by atoms with Gasteiger partial charge in [0.2, 0.25) is 0 Å². The number of hydrogen-bond donors (Lipinski definition) is 0. The van der Waals surface area contributed by atoms with Crippen LogP contribution in [0.25, 0.3) is 0 Å². The Morgan fingerprint density at radius 3 is 1.81 bits per heavy atom. The number of hydrogen-bond acceptors (Lipinski definition) is 3. The molecule has 0 radical (unpaired) electrons. The predicted molar refractivity (Wildman–Crippen MR) is 107 cm³/mol. The first kappa shape index (κ1) is 22.4. The zero-order valence-corrected chi connectivity index (χ0v) is 16.7. The zero-order valence-electron chi connectivity index (χ0n) is 16.7. The normalized spacial score (nSPS) is 11.0. The highest BCUT2D eigenvalue weighted by Crippen LogP contribution is 2.07. The molecule has 0 aliphatic heterocycles. The van der Waals surface area contributed by atoms with Crippen LogP contribution in [0.15, 0.2) is 15.8 Å². The number of carbonyl (C=O) groups excluding carboxylic acids is 1. The van der Waals surface area contributed by atoms with Crippen molar-refractivity contribution in [2.45, 2.75) is 104 Å². The molecule has 0 aliphatic rings. The molecular weight excluding hydrogens is 328 g/mol. The van der Waals surface area contributed by atoms with E-state index in [2.05, 4.69) is 13.8 Å². The number of nitrogens with zero attached hydrogens (tertiary/aromatic N) is 2. The summed E-state index contributed by atoms with van der Waals surface area (Å²) in [4.78, 5) is 36.1. The molecule has 1 aromatic heterocycles. The first-order valence-corrected chi connectivity index (χ1v) is 10.4. The van der Waals surface area contributed by atoms with E-state index in [4.69, 9.17) is 0 Å². The van der Waals surface area contributed by atoms with E-state index in [1.165, 1.54) is 55.7 Å². The van der Waals surface area contributed by atoms with Crippen molar-refractivity contribution >= 4 is 6.29 Å². The maximum atomic E-state index is 12.6. The van der Waals surface area contributed by atoms with Gasteiger partial charge in [-0.1, -0.05) is 78.1 Å². The topological polar surface area (TPSA) is 61.1 Å². The third-order valence-corrected chi connectivity index (χ3v) is 4.88. The van der Waals surface area contributed by atoms with E-state index < -0.39 is 5.56 Å². The molecule has 5 heteroatoms. The van der Waals surface area contributed by atoms with Crippen molar-refractivity contribution in [3.8, 4) is 0 Å². The minimum absolute atomic E-state index is 0.0848. The summed E-state index contributed by atoms with van der Waals surface area (Å²) in [7, 11) is 0. The number of unbranched alkanes of at least 4 members (excludes halogenated alkanes) is 10. The minimum Gasteiger partial charge on any atom is -0.300 e. The number of aldehydes is 1. The quantitative estimate of drug-likeness (QED) is 0.339. The molecule has 0 fully saturated rings. The SMILES string of the molecule is CCCCCCCCn1cc(C=O)c(=O)n(CCCCCCCC)c1=O. The molecule has 1 rings (SSSR count). The second kappa shape index (κ2) is 13.5. The molecule has 0 atom stereocenters. The van der Waals surface area contributed by atoms with Gasteiger partial charge in [0.1, 0.15) is 0 Å². The monoisotopic (exact) mass is 364 g/mol. The number of carbonyl (C=O) groups is 1. The Balaban J connectivity index is 2.66. The molecule has 0 bridgehead atoms. The molecule has 26 heavy (non-hydrogen) atoms. The Hall–Kier alpha value is -1.65. The summed E-state index contributed by atoms with van der Waals surface area (Å²) >= 11 is 0. The average Bonchev–Trinajstić information content (AvgIpc) is 2.64. The largest absolute Gasteiger partial charge is 0.330 e. The fraction of sp³-hybridized carbons (Fsp3) is 0.762. The molecule has 0 amide bonds. The van der Waals surface area contributed by atoms with Crippen LogP contribution in [0.2, 0.25) is 0 Å². The van der Waals surface area contributed by atoms with E-state index in [1.807, 2.05) is 0 Å². The summed E-state index contributed by atoms with van der Waals surface area (Å²) in [6, 6.07) is 0. The van der Waals surface area contributed by atoms with Gasteiger partial charge in [0, 0.05) is 19.3 Å². The third-order valence-electron chi connectivity index (χ3n) is 4.88. The Bertz CT molecular complexity index is 631. The van der Waals surface area contributed by atoms with Crippen molar-refractivity contribution in [3.63, 3.8) is 0 Å². The van der Waals surface area contributed by atoms with Gasteiger partial charge in [-0.2, -0.15) is 0 Å². The summed E-state index contributed by atoms with van der Waals surface area (Å²) in [5.41, 5.74) is -0.637. The highest BCUT2D eigenvalue weighted by atomic mass is 16.2. The zero-order chi connectivity index (χ0) is 19.2. The first-order chi connectivity index (χ1) is 12.7. The summed E-state index contributed by atoms with van der Waals surface area (Å²) in [6.45, 7) is 5.34. The molecule has 0 saturated heterocycles. The van der Waals surface area contributed by atoms with Crippen LogP contribution in [0.3, 0.4) is 0 Å². The van der Waals surface area contributed by atoms with Gasteiger partial charge in [-0.25, -0.2) is 4.79 Å². The van der Waals surface area contributed by atoms with Crippen LogP contribution in [0.4, 0.5) is 0 Å². The standard InChI is InChI=1S/C21H36N2O3/c1-3-5-7-9-11-13-15-22-17-19(18-24)20(25)23(21(22)26)16-14-12-10-8-6-4-2/h17-18H,3-16H2,1-2H3. The molecule has 0 saturated carbocycles. The van der Waals surface area contributed by atoms with Crippen molar-refractivity contribution in [1.82, 2.24) is 9.13 Å². The number of rotatable bonds is 15. The lowest BCUT2D eigenvalue weighted by Crippen LogP contribution is -2.41. The third kappa shape index (κ3) is 7.71. The van der Waals surface area contributed by atoms with Crippen LogP contribution in [-0.2, 0) is 13.1 Å². The second-order valence-corrected chi connectivity index (χ2v) is 7.17. The molecule has 0 aromatic carbocycles.